The van der Waals surface area contributed by atoms with Crippen LogP contribution in [0.5, 0.6) is 5.75 Å². The molecule has 0 aliphatic heterocycles. The summed E-state index contributed by atoms with van der Waals surface area (Å²) < 4.78 is 18.6. The maximum atomic E-state index is 13.2. The molecular formula is C20H17FN2O2. The van der Waals surface area contributed by atoms with E-state index in [4.69, 9.17) is 4.74 Å². The molecule has 0 aromatic heterocycles. The highest BCUT2D eigenvalue weighted by Crippen LogP contribution is 2.19. The zero-order chi connectivity index (χ0) is 17.5. The van der Waals surface area contributed by atoms with E-state index in [0.717, 1.165) is 5.69 Å². The Bertz CT molecular complexity index is 836. The van der Waals surface area contributed by atoms with Crippen LogP contribution in [0, 0.1) is 5.82 Å². The number of anilines is 3. The zero-order valence-corrected chi connectivity index (χ0v) is 13.4. The van der Waals surface area contributed by atoms with E-state index in [1.165, 1.54) is 12.1 Å². The summed E-state index contributed by atoms with van der Waals surface area (Å²) in [6.45, 7) is -0.0622. The second-order valence-corrected chi connectivity index (χ2v) is 5.36. The molecule has 0 saturated heterocycles. The van der Waals surface area contributed by atoms with Gasteiger partial charge in [0.2, 0.25) is 0 Å². The molecule has 3 aromatic carbocycles. The molecule has 0 radical (unpaired) electrons. The van der Waals surface area contributed by atoms with Gasteiger partial charge in [-0.2, -0.15) is 0 Å². The maximum Gasteiger partial charge on any atom is 0.262 e. The van der Waals surface area contributed by atoms with Crippen molar-refractivity contribution in [3.8, 4) is 5.75 Å². The molecular weight excluding hydrogens is 319 g/mol. The van der Waals surface area contributed by atoms with Crippen LogP contribution in [0.4, 0.5) is 21.5 Å². The molecule has 0 spiro atoms. The third-order valence-electron chi connectivity index (χ3n) is 3.40. The minimum Gasteiger partial charge on any atom is -0.484 e. The van der Waals surface area contributed by atoms with E-state index in [1.54, 1.807) is 48.5 Å². The summed E-state index contributed by atoms with van der Waals surface area (Å²) in [6, 6.07) is 22.5. The number of para-hydroxylation sites is 1. The second kappa shape index (κ2) is 7.97. The lowest BCUT2D eigenvalue weighted by Gasteiger charge is -2.09. The Morgan fingerprint density at radius 3 is 2.28 bits per heavy atom. The number of carbonyl (C=O) groups is 1. The number of benzene rings is 3. The molecule has 0 aliphatic rings. The largest absolute Gasteiger partial charge is 0.484 e. The lowest BCUT2D eigenvalue weighted by molar-refractivity contribution is -0.118. The van der Waals surface area contributed by atoms with Crippen molar-refractivity contribution >= 4 is 23.0 Å². The monoisotopic (exact) mass is 336 g/mol. The molecule has 2 N–H and O–H groups in total. The van der Waals surface area contributed by atoms with Crippen LogP contribution in [0.15, 0.2) is 78.9 Å². The Kier molecular flexibility index (Phi) is 5.26. The number of rotatable bonds is 6. The normalized spacial score (nSPS) is 10.1. The third kappa shape index (κ3) is 5.07. The summed E-state index contributed by atoms with van der Waals surface area (Å²) in [4.78, 5) is 11.9. The molecule has 1 amide bonds. The van der Waals surface area contributed by atoms with Gasteiger partial charge in [-0.3, -0.25) is 4.79 Å². The van der Waals surface area contributed by atoms with E-state index in [0.29, 0.717) is 17.1 Å². The third-order valence-corrected chi connectivity index (χ3v) is 3.40. The molecule has 3 aromatic rings. The summed E-state index contributed by atoms with van der Waals surface area (Å²) >= 11 is 0. The minimum absolute atomic E-state index is 0.0622. The average Bonchev–Trinajstić information content (AvgIpc) is 2.63. The lowest BCUT2D eigenvalue weighted by atomic mass is 10.2. The van der Waals surface area contributed by atoms with Gasteiger partial charge in [-0.1, -0.05) is 24.3 Å². The summed E-state index contributed by atoms with van der Waals surface area (Å²) in [7, 11) is 0. The van der Waals surface area contributed by atoms with Crippen LogP contribution in [-0.2, 0) is 4.79 Å². The maximum absolute atomic E-state index is 13.2. The van der Waals surface area contributed by atoms with Gasteiger partial charge in [-0.15, -0.1) is 0 Å². The fraction of sp³-hybridized carbons (Fsp3) is 0.0500. The van der Waals surface area contributed by atoms with E-state index < -0.39 is 0 Å². The SMILES string of the molecule is O=C(COc1ccccc1)Nc1ccc(Nc2cccc(F)c2)cc1. The van der Waals surface area contributed by atoms with Gasteiger partial charge >= 0.3 is 0 Å². The van der Waals surface area contributed by atoms with Gasteiger partial charge in [0.25, 0.3) is 5.91 Å². The fourth-order valence-electron chi connectivity index (χ4n) is 2.23. The van der Waals surface area contributed by atoms with Crippen molar-refractivity contribution < 1.29 is 13.9 Å². The Hall–Kier alpha value is -3.34. The molecule has 0 fully saturated rings. The molecule has 4 nitrogen and oxygen atoms in total. The van der Waals surface area contributed by atoms with Crippen molar-refractivity contribution in [1.29, 1.82) is 0 Å². The predicted molar refractivity (Wildman–Crippen MR) is 96.7 cm³/mol. The number of hydrogen-bond acceptors (Lipinski definition) is 3. The van der Waals surface area contributed by atoms with E-state index in [1.807, 2.05) is 18.2 Å². The van der Waals surface area contributed by atoms with Crippen LogP contribution >= 0.6 is 0 Å². The topological polar surface area (TPSA) is 50.4 Å². The molecule has 0 saturated carbocycles. The highest BCUT2D eigenvalue weighted by molar-refractivity contribution is 5.92. The van der Waals surface area contributed by atoms with Gasteiger partial charge in [-0.25, -0.2) is 4.39 Å². The summed E-state index contributed by atoms with van der Waals surface area (Å²) in [5, 5.41) is 5.86. The van der Waals surface area contributed by atoms with Crippen molar-refractivity contribution in [3.63, 3.8) is 0 Å². The zero-order valence-electron chi connectivity index (χ0n) is 13.4. The quantitative estimate of drug-likeness (QED) is 0.692. The number of hydrogen-bond donors (Lipinski definition) is 2. The van der Waals surface area contributed by atoms with Gasteiger partial charge in [0, 0.05) is 17.1 Å². The van der Waals surface area contributed by atoms with E-state index in [9.17, 15) is 9.18 Å². The molecule has 0 bridgehead atoms. The fourth-order valence-corrected chi connectivity index (χ4v) is 2.23. The molecule has 0 atom stereocenters. The molecule has 0 aliphatic carbocycles. The molecule has 5 heteroatoms. The summed E-state index contributed by atoms with van der Waals surface area (Å²) in [5.41, 5.74) is 2.11. The van der Waals surface area contributed by atoms with Crippen LogP contribution in [0.2, 0.25) is 0 Å². The standard InChI is InChI=1S/C20H17FN2O2/c21-15-5-4-6-18(13-15)22-16-9-11-17(12-10-16)23-20(24)14-25-19-7-2-1-3-8-19/h1-13,22H,14H2,(H,23,24). The Morgan fingerprint density at radius 2 is 1.56 bits per heavy atom. The van der Waals surface area contributed by atoms with Crippen molar-refractivity contribution in [2.75, 3.05) is 17.2 Å². The first-order valence-corrected chi connectivity index (χ1v) is 7.79. The predicted octanol–water partition coefficient (Wildman–Crippen LogP) is 4.59. The number of halogens is 1. The number of nitrogens with one attached hydrogen (secondary N) is 2. The van der Waals surface area contributed by atoms with Crippen molar-refractivity contribution in [2.24, 2.45) is 0 Å². The van der Waals surface area contributed by atoms with Crippen LogP contribution in [0.25, 0.3) is 0 Å². The smallest absolute Gasteiger partial charge is 0.262 e. The van der Waals surface area contributed by atoms with Gasteiger partial charge < -0.3 is 15.4 Å². The first-order valence-electron chi connectivity index (χ1n) is 7.79. The van der Waals surface area contributed by atoms with Gasteiger partial charge in [0.05, 0.1) is 0 Å². The van der Waals surface area contributed by atoms with Crippen LogP contribution in [0.3, 0.4) is 0 Å². The van der Waals surface area contributed by atoms with Crippen LogP contribution in [0.1, 0.15) is 0 Å². The minimum atomic E-state index is -0.299. The highest BCUT2D eigenvalue weighted by Gasteiger charge is 2.04. The van der Waals surface area contributed by atoms with Crippen molar-refractivity contribution in [3.05, 3.63) is 84.7 Å². The van der Waals surface area contributed by atoms with Gasteiger partial charge in [0.1, 0.15) is 11.6 Å². The molecule has 25 heavy (non-hydrogen) atoms. The Morgan fingerprint density at radius 1 is 0.840 bits per heavy atom. The van der Waals surface area contributed by atoms with E-state index in [2.05, 4.69) is 10.6 Å². The number of carbonyl (C=O) groups excluding carboxylic acids is 1. The number of ether oxygens (including phenoxy) is 1. The van der Waals surface area contributed by atoms with Gasteiger partial charge in [0.15, 0.2) is 6.61 Å². The second-order valence-electron chi connectivity index (χ2n) is 5.36. The summed E-state index contributed by atoms with van der Waals surface area (Å²) in [5.74, 6) is 0.106. The molecule has 0 unspecified atom stereocenters. The van der Waals surface area contributed by atoms with E-state index >= 15 is 0 Å². The van der Waals surface area contributed by atoms with Crippen LogP contribution in [-0.4, -0.2) is 12.5 Å². The Balaban J connectivity index is 1.52. The first kappa shape index (κ1) is 16.5. The lowest BCUT2D eigenvalue weighted by Crippen LogP contribution is -2.20. The average molecular weight is 336 g/mol. The van der Waals surface area contributed by atoms with Crippen LogP contribution < -0.4 is 15.4 Å². The van der Waals surface area contributed by atoms with Crippen molar-refractivity contribution in [1.82, 2.24) is 0 Å². The molecule has 3 rings (SSSR count). The van der Waals surface area contributed by atoms with E-state index in [-0.39, 0.29) is 18.3 Å². The highest BCUT2D eigenvalue weighted by atomic mass is 19.1. The van der Waals surface area contributed by atoms with Gasteiger partial charge in [-0.05, 0) is 54.6 Å². The number of amides is 1. The Labute approximate surface area is 145 Å². The summed E-state index contributed by atoms with van der Waals surface area (Å²) in [6.07, 6.45) is 0. The van der Waals surface area contributed by atoms with Crippen molar-refractivity contribution in [2.45, 2.75) is 0 Å². The molecule has 0 heterocycles. The molecule has 126 valence electrons. The first-order chi connectivity index (χ1) is 12.2.